The molecule has 4 nitrogen and oxygen atoms in total. The lowest BCUT2D eigenvalue weighted by molar-refractivity contribution is 0.276. The summed E-state index contributed by atoms with van der Waals surface area (Å²) >= 11 is 1.70. The van der Waals surface area contributed by atoms with E-state index in [-0.39, 0.29) is 6.61 Å². The van der Waals surface area contributed by atoms with Gasteiger partial charge in [0.15, 0.2) is 17.5 Å². The lowest BCUT2D eigenvalue weighted by Crippen LogP contribution is -2.08. The van der Waals surface area contributed by atoms with Crippen LogP contribution >= 0.6 is 11.8 Å². The number of halogens is 2. The fourth-order valence-corrected chi connectivity index (χ4v) is 2.30. The van der Waals surface area contributed by atoms with E-state index in [4.69, 9.17) is 5.11 Å². The predicted molar refractivity (Wildman–Crippen MR) is 79.2 cm³/mol. The second-order valence-electron chi connectivity index (χ2n) is 4.52. The average molecular weight is 313 g/mol. The SMILES string of the molecule is CSCCc1nc(-c2ccc(F)c(F)c2)nn1CCCO. The second kappa shape index (κ2) is 7.51. The van der Waals surface area contributed by atoms with E-state index in [1.54, 1.807) is 16.4 Å². The third-order valence-corrected chi connectivity index (χ3v) is 3.60. The van der Waals surface area contributed by atoms with Crippen LogP contribution in [0, 0.1) is 11.6 Å². The molecule has 0 radical (unpaired) electrons. The maximum Gasteiger partial charge on any atom is 0.181 e. The van der Waals surface area contributed by atoms with E-state index >= 15 is 0 Å². The van der Waals surface area contributed by atoms with Crippen molar-refractivity contribution in [3.63, 3.8) is 0 Å². The quantitative estimate of drug-likeness (QED) is 0.853. The zero-order chi connectivity index (χ0) is 15.2. The van der Waals surface area contributed by atoms with Gasteiger partial charge in [-0.3, -0.25) is 0 Å². The Morgan fingerprint density at radius 1 is 1.29 bits per heavy atom. The van der Waals surface area contributed by atoms with Crippen LogP contribution in [0.3, 0.4) is 0 Å². The number of thioether (sulfide) groups is 1. The van der Waals surface area contributed by atoms with Crippen molar-refractivity contribution in [2.75, 3.05) is 18.6 Å². The van der Waals surface area contributed by atoms with Gasteiger partial charge in [0, 0.05) is 30.9 Å². The maximum atomic E-state index is 13.3. The number of aryl methyl sites for hydroxylation is 2. The highest BCUT2D eigenvalue weighted by molar-refractivity contribution is 7.98. The van der Waals surface area contributed by atoms with Gasteiger partial charge in [-0.2, -0.15) is 16.9 Å². The van der Waals surface area contributed by atoms with Crippen molar-refractivity contribution >= 4 is 11.8 Å². The number of hydrogen-bond donors (Lipinski definition) is 1. The van der Waals surface area contributed by atoms with E-state index in [1.165, 1.54) is 6.07 Å². The van der Waals surface area contributed by atoms with E-state index in [1.807, 2.05) is 6.26 Å². The molecule has 114 valence electrons. The highest BCUT2D eigenvalue weighted by Gasteiger charge is 2.13. The largest absolute Gasteiger partial charge is 0.396 e. The smallest absolute Gasteiger partial charge is 0.181 e. The van der Waals surface area contributed by atoms with Gasteiger partial charge in [0.2, 0.25) is 0 Å². The number of benzene rings is 1. The van der Waals surface area contributed by atoms with Gasteiger partial charge in [-0.25, -0.2) is 18.4 Å². The van der Waals surface area contributed by atoms with Crippen LogP contribution in [0.2, 0.25) is 0 Å². The molecule has 1 aromatic heterocycles. The third-order valence-electron chi connectivity index (χ3n) is 2.98. The molecule has 0 unspecified atom stereocenters. The predicted octanol–water partition coefficient (Wildman–Crippen LogP) is 2.51. The number of aliphatic hydroxyl groups excluding tert-OH is 1. The summed E-state index contributed by atoms with van der Waals surface area (Å²) in [5.74, 6) is 0.265. The standard InChI is InChI=1S/C14H17F2N3OS/c1-21-8-5-13-17-14(18-19(13)6-2-7-20)10-3-4-11(15)12(16)9-10/h3-4,9,20H,2,5-8H2,1H3. The van der Waals surface area contributed by atoms with E-state index in [2.05, 4.69) is 10.1 Å². The lowest BCUT2D eigenvalue weighted by Gasteiger charge is -2.03. The minimum atomic E-state index is -0.912. The molecule has 0 fully saturated rings. The molecule has 1 N–H and O–H groups in total. The first-order chi connectivity index (χ1) is 10.2. The fraction of sp³-hybridized carbons (Fsp3) is 0.429. The normalized spacial score (nSPS) is 11.0. The summed E-state index contributed by atoms with van der Waals surface area (Å²) in [6, 6.07) is 3.63. The molecule has 2 rings (SSSR count). The molecular weight excluding hydrogens is 296 g/mol. The Morgan fingerprint density at radius 2 is 2.10 bits per heavy atom. The number of rotatable bonds is 7. The van der Waals surface area contributed by atoms with Crippen molar-refractivity contribution in [2.45, 2.75) is 19.4 Å². The van der Waals surface area contributed by atoms with Gasteiger partial charge in [0.1, 0.15) is 5.82 Å². The minimum absolute atomic E-state index is 0.0718. The molecule has 0 amide bonds. The average Bonchev–Trinajstić information content (AvgIpc) is 2.89. The second-order valence-corrected chi connectivity index (χ2v) is 5.51. The molecule has 0 bridgehead atoms. The third kappa shape index (κ3) is 4.01. The monoisotopic (exact) mass is 313 g/mol. The van der Waals surface area contributed by atoms with Gasteiger partial charge in [-0.1, -0.05) is 0 Å². The molecule has 0 atom stereocenters. The van der Waals surface area contributed by atoms with Crippen molar-refractivity contribution in [1.82, 2.24) is 14.8 Å². The molecule has 7 heteroatoms. The van der Waals surface area contributed by atoms with E-state index in [0.29, 0.717) is 24.4 Å². The van der Waals surface area contributed by atoms with Gasteiger partial charge in [0.05, 0.1) is 0 Å². The van der Waals surface area contributed by atoms with E-state index in [0.717, 1.165) is 30.1 Å². The Kier molecular flexibility index (Phi) is 5.69. The minimum Gasteiger partial charge on any atom is -0.396 e. The molecule has 1 heterocycles. The van der Waals surface area contributed by atoms with Gasteiger partial charge >= 0.3 is 0 Å². The lowest BCUT2D eigenvalue weighted by atomic mass is 10.2. The zero-order valence-corrected chi connectivity index (χ0v) is 12.5. The Labute approximate surface area is 126 Å². The molecule has 21 heavy (non-hydrogen) atoms. The summed E-state index contributed by atoms with van der Waals surface area (Å²) in [5.41, 5.74) is 0.446. The van der Waals surface area contributed by atoms with Crippen molar-refractivity contribution in [3.8, 4) is 11.4 Å². The molecule has 0 spiro atoms. The maximum absolute atomic E-state index is 13.3. The van der Waals surface area contributed by atoms with Crippen molar-refractivity contribution in [3.05, 3.63) is 35.7 Å². The van der Waals surface area contributed by atoms with Crippen LogP contribution in [0.25, 0.3) is 11.4 Å². The Bertz CT molecular complexity index is 578. The number of aromatic nitrogens is 3. The van der Waals surface area contributed by atoms with Gasteiger partial charge in [-0.05, 0) is 30.9 Å². The first-order valence-corrected chi connectivity index (χ1v) is 8.04. The summed E-state index contributed by atoms with van der Waals surface area (Å²) in [7, 11) is 0. The molecule has 2 aromatic rings. The fourth-order valence-electron chi connectivity index (χ4n) is 1.91. The van der Waals surface area contributed by atoms with Crippen LogP contribution in [-0.4, -0.2) is 38.5 Å². The van der Waals surface area contributed by atoms with Gasteiger partial charge in [-0.15, -0.1) is 0 Å². The van der Waals surface area contributed by atoms with E-state index < -0.39 is 11.6 Å². The summed E-state index contributed by atoms with van der Waals surface area (Å²) in [6.07, 6.45) is 3.32. The first-order valence-electron chi connectivity index (χ1n) is 6.64. The summed E-state index contributed by atoms with van der Waals surface area (Å²) in [6.45, 7) is 0.624. The Balaban J connectivity index is 2.30. The molecule has 0 aliphatic rings. The van der Waals surface area contributed by atoms with Crippen molar-refractivity contribution < 1.29 is 13.9 Å². The van der Waals surface area contributed by atoms with Crippen LogP contribution in [0.4, 0.5) is 8.78 Å². The number of hydrogen-bond acceptors (Lipinski definition) is 4. The van der Waals surface area contributed by atoms with E-state index in [9.17, 15) is 8.78 Å². The number of nitrogens with zero attached hydrogens (tertiary/aromatic N) is 3. The Morgan fingerprint density at radius 3 is 2.76 bits per heavy atom. The first kappa shape index (κ1) is 15.9. The molecule has 0 saturated heterocycles. The van der Waals surface area contributed by atoms with Crippen LogP contribution in [0.1, 0.15) is 12.2 Å². The van der Waals surface area contributed by atoms with Crippen LogP contribution in [0.15, 0.2) is 18.2 Å². The van der Waals surface area contributed by atoms with Crippen LogP contribution < -0.4 is 0 Å². The van der Waals surface area contributed by atoms with Crippen molar-refractivity contribution in [1.29, 1.82) is 0 Å². The molecule has 0 saturated carbocycles. The molecule has 1 aromatic carbocycles. The summed E-state index contributed by atoms with van der Waals surface area (Å²) in [4.78, 5) is 4.41. The zero-order valence-electron chi connectivity index (χ0n) is 11.7. The van der Waals surface area contributed by atoms with Gasteiger partial charge in [0.25, 0.3) is 0 Å². The van der Waals surface area contributed by atoms with Gasteiger partial charge < -0.3 is 5.11 Å². The van der Waals surface area contributed by atoms with Crippen LogP contribution in [0.5, 0.6) is 0 Å². The number of aliphatic hydroxyl groups is 1. The molecular formula is C14H17F2N3OS. The van der Waals surface area contributed by atoms with Crippen LogP contribution in [-0.2, 0) is 13.0 Å². The highest BCUT2D eigenvalue weighted by Crippen LogP contribution is 2.19. The molecule has 0 aliphatic heterocycles. The molecule has 0 aliphatic carbocycles. The van der Waals surface area contributed by atoms with Crippen molar-refractivity contribution in [2.24, 2.45) is 0 Å². The topological polar surface area (TPSA) is 50.9 Å². The summed E-state index contributed by atoms with van der Waals surface area (Å²) < 4.78 is 28.0. The highest BCUT2D eigenvalue weighted by atomic mass is 32.2. The Hall–Kier alpha value is -1.47. The summed E-state index contributed by atoms with van der Waals surface area (Å²) in [5, 5.41) is 13.3.